The van der Waals surface area contributed by atoms with Gasteiger partial charge in [0.05, 0.1) is 30.4 Å². The Morgan fingerprint density at radius 2 is 1.44 bits per heavy atom. The van der Waals surface area contributed by atoms with Crippen molar-refractivity contribution in [3.63, 3.8) is 0 Å². The highest BCUT2D eigenvalue weighted by Crippen LogP contribution is 2.34. The van der Waals surface area contributed by atoms with E-state index in [1.54, 1.807) is 6.20 Å². The van der Waals surface area contributed by atoms with Crippen molar-refractivity contribution < 1.29 is 9.47 Å². The highest BCUT2D eigenvalue weighted by molar-refractivity contribution is 5.53. The van der Waals surface area contributed by atoms with E-state index in [2.05, 4.69) is 21.9 Å². The van der Waals surface area contributed by atoms with E-state index in [1.165, 1.54) is 70.6 Å². The highest BCUT2D eigenvalue weighted by Gasteiger charge is 2.19. The fourth-order valence-electron chi connectivity index (χ4n) is 4.11. The van der Waals surface area contributed by atoms with Crippen molar-refractivity contribution >= 4 is 0 Å². The number of hydrogen-bond acceptors (Lipinski definition) is 5. The van der Waals surface area contributed by atoms with Gasteiger partial charge in [-0.15, -0.1) is 0 Å². The smallest absolute Gasteiger partial charge is 0.137 e. The molecule has 0 spiro atoms. The first-order valence-electron chi connectivity index (χ1n) is 13.8. The third kappa shape index (κ3) is 11.4. The van der Waals surface area contributed by atoms with Crippen LogP contribution in [0.5, 0.6) is 5.75 Å². The molecule has 3 rings (SSSR count). The molecule has 5 nitrogen and oxygen atoms in total. The van der Waals surface area contributed by atoms with E-state index >= 15 is 0 Å². The van der Waals surface area contributed by atoms with Gasteiger partial charge in [-0.25, -0.2) is 0 Å². The molecule has 0 N–H and O–H groups in total. The predicted molar refractivity (Wildman–Crippen MR) is 139 cm³/mol. The summed E-state index contributed by atoms with van der Waals surface area (Å²) in [7, 11) is 0. The van der Waals surface area contributed by atoms with Crippen molar-refractivity contribution in [3.8, 4) is 17.1 Å². The number of ether oxygens (including phenoxy) is 2. The van der Waals surface area contributed by atoms with Crippen LogP contribution in [0, 0.1) is 5.92 Å². The van der Waals surface area contributed by atoms with Crippen molar-refractivity contribution in [2.75, 3.05) is 19.8 Å². The van der Waals surface area contributed by atoms with Gasteiger partial charge < -0.3 is 9.47 Å². The average molecular weight is 468 g/mol. The Labute approximate surface area is 207 Å². The number of nitrogens with zero attached hydrogens (tertiary/aromatic N) is 3. The number of aromatic nitrogens is 3. The molecule has 0 bridgehead atoms. The standard InChI is InChI=1S/C29H45N3O2/c1-2-3-19-33-20-11-12-21-34-27-17-18-28(32-23-27)29-24-30-26(22-31-29)14-10-8-6-4-5-7-9-13-25-15-16-25/h17-18,22-25H,2-16,19-21H2,1H3. The Bertz CT molecular complexity index is 760. The third-order valence-electron chi connectivity index (χ3n) is 6.54. The second-order valence-corrected chi connectivity index (χ2v) is 9.75. The minimum atomic E-state index is 0.688. The fraction of sp³-hybridized carbons (Fsp3) is 0.690. The van der Waals surface area contributed by atoms with E-state index in [1.807, 2.05) is 24.5 Å². The summed E-state index contributed by atoms with van der Waals surface area (Å²) >= 11 is 0. The number of aryl methyl sites for hydroxylation is 1. The number of hydrogen-bond donors (Lipinski definition) is 0. The van der Waals surface area contributed by atoms with Gasteiger partial charge in [-0.05, 0) is 50.2 Å². The molecule has 0 unspecified atom stereocenters. The van der Waals surface area contributed by atoms with Gasteiger partial charge in [0.2, 0.25) is 0 Å². The SMILES string of the molecule is CCCCOCCCCOc1ccc(-c2cnc(CCCCCCCCCC3CC3)cn2)nc1. The number of unbranched alkanes of at least 4 members (excludes halogenated alkanes) is 8. The lowest BCUT2D eigenvalue weighted by atomic mass is 10.1. The summed E-state index contributed by atoms with van der Waals surface area (Å²) < 4.78 is 11.4. The molecule has 0 saturated heterocycles. The van der Waals surface area contributed by atoms with Gasteiger partial charge in [0.1, 0.15) is 11.4 Å². The van der Waals surface area contributed by atoms with Crippen LogP contribution in [0.4, 0.5) is 0 Å². The summed E-state index contributed by atoms with van der Waals surface area (Å²) in [4.78, 5) is 13.7. The molecule has 0 aromatic carbocycles. The monoisotopic (exact) mass is 467 g/mol. The maximum absolute atomic E-state index is 5.79. The topological polar surface area (TPSA) is 57.1 Å². The Morgan fingerprint density at radius 1 is 0.706 bits per heavy atom. The molecule has 1 aliphatic rings. The molecule has 0 atom stereocenters. The highest BCUT2D eigenvalue weighted by atomic mass is 16.5. The molecule has 2 aromatic heterocycles. The molecule has 188 valence electrons. The van der Waals surface area contributed by atoms with E-state index < -0.39 is 0 Å². The van der Waals surface area contributed by atoms with Crippen molar-refractivity contribution in [1.82, 2.24) is 15.0 Å². The second-order valence-electron chi connectivity index (χ2n) is 9.75. The lowest BCUT2D eigenvalue weighted by Gasteiger charge is -2.07. The molecule has 34 heavy (non-hydrogen) atoms. The molecular formula is C29H45N3O2. The van der Waals surface area contributed by atoms with Crippen LogP contribution in [0.15, 0.2) is 30.7 Å². The second kappa shape index (κ2) is 16.6. The van der Waals surface area contributed by atoms with Crippen LogP contribution in [0.25, 0.3) is 11.4 Å². The summed E-state index contributed by atoms with van der Waals surface area (Å²) in [6, 6.07) is 3.92. The molecule has 1 saturated carbocycles. The molecule has 5 heteroatoms. The van der Waals surface area contributed by atoms with Gasteiger partial charge in [0, 0.05) is 19.4 Å². The van der Waals surface area contributed by atoms with Crippen LogP contribution in [0.1, 0.15) is 103 Å². The predicted octanol–water partition coefficient (Wildman–Crippen LogP) is 7.59. The third-order valence-corrected chi connectivity index (χ3v) is 6.54. The molecular weight excluding hydrogens is 422 g/mol. The molecule has 1 aliphatic carbocycles. The molecule has 2 aromatic rings. The Hall–Kier alpha value is -2.01. The van der Waals surface area contributed by atoms with Gasteiger partial charge >= 0.3 is 0 Å². The first-order valence-corrected chi connectivity index (χ1v) is 13.8. The minimum Gasteiger partial charge on any atom is -0.492 e. The van der Waals surface area contributed by atoms with E-state index in [0.717, 1.165) is 67.6 Å². The zero-order chi connectivity index (χ0) is 23.7. The van der Waals surface area contributed by atoms with E-state index in [-0.39, 0.29) is 0 Å². The zero-order valence-electron chi connectivity index (χ0n) is 21.4. The lowest BCUT2D eigenvalue weighted by Crippen LogP contribution is -2.02. The largest absolute Gasteiger partial charge is 0.492 e. The van der Waals surface area contributed by atoms with Gasteiger partial charge in [0.25, 0.3) is 0 Å². The Balaban J connectivity index is 1.23. The van der Waals surface area contributed by atoms with Crippen molar-refractivity contribution in [1.29, 1.82) is 0 Å². The lowest BCUT2D eigenvalue weighted by molar-refractivity contribution is 0.123. The van der Waals surface area contributed by atoms with Crippen LogP contribution in [0.2, 0.25) is 0 Å². The molecule has 0 radical (unpaired) electrons. The first-order chi connectivity index (χ1) is 16.8. The van der Waals surface area contributed by atoms with Gasteiger partial charge in [0.15, 0.2) is 0 Å². The van der Waals surface area contributed by atoms with Crippen LogP contribution < -0.4 is 4.74 Å². The van der Waals surface area contributed by atoms with Gasteiger partial charge in [-0.3, -0.25) is 15.0 Å². The summed E-state index contributed by atoms with van der Waals surface area (Å²) in [6.45, 7) is 4.55. The van der Waals surface area contributed by atoms with E-state index in [9.17, 15) is 0 Å². The molecule has 0 aliphatic heterocycles. The fourth-order valence-corrected chi connectivity index (χ4v) is 4.11. The summed E-state index contributed by atoms with van der Waals surface area (Å²) in [5.41, 5.74) is 2.72. The number of pyridine rings is 1. The average Bonchev–Trinajstić information content (AvgIpc) is 3.70. The zero-order valence-corrected chi connectivity index (χ0v) is 21.4. The molecule has 1 fully saturated rings. The first kappa shape index (κ1) is 26.6. The van der Waals surface area contributed by atoms with Crippen molar-refractivity contribution in [2.24, 2.45) is 5.92 Å². The van der Waals surface area contributed by atoms with Crippen LogP contribution >= 0.6 is 0 Å². The quantitative estimate of drug-likeness (QED) is 0.188. The summed E-state index contributed by atoms with van der Waals surface area (Å²) in [6.07, 6.45) is 24.9. The van der Waals surface area contributed by atoms with Crippen LogP contribution in [0.3, 0.4) is 0 Å². The van der Waals surface area contributed by atoms with Crippen LogP contribution in [-0.2, 0) is 11.2 Å². The molecule has 0 amide bonds. The van der Waals surface area contributed by atoms with E-state index in [4.69, 9.17) is 9.47 Å². The maximum atomic E-state index is 5.79. The minimum absolute atomic E-state index is 0.688. The number of rotatable bonds is 20. The molecule has 2 heterocycles. The summed E-state index contributed by atoms with van der Waals surface area (Å²) in [5.74, 6) is 1.89. The van der Waals surface area contributed by atoms with Crippen molar-refractivity contribution in [3.05, 3.63) is 36.4 Å². The summed E-state index contributed by atoms with van der Waals surface area (Å²) in [5, 5.41) is 0. The van der Waals surface area contributed by atoms with Gasteiger partial charge in [-0.1, -0.05) is 71.1 Å². The maximum Gasteiger partial charge on any atom is 0.137 e. The van der Waals surface area contributed by atoms with Crippen molar-refractivity contribution in [2.45, 2.75) is 103 Å². The normalized spacial score (nSPS) is 13.3. The van der Waals surface area contributed by atoms with Crippen LogP contribution in [-0.4, -0.2) is 34.8 Å². The Morgan fingerprint density at radius 3 is 2.15 bits per heavy atom. The van der Waals surface area contributed by atoms with E-state index in [0.29, 0.717) is 6.61 Å². The van der Waals surface area contributed by atoms with Gasteiger partial charge in [-0.2, -0.15) is 0 Å². The Kier molecular flexibility index (Phi) is 13.0.